The number of aryl methyl sites for hydroxylation is 1. The molecule has 1 aliphatic carbocycles. The molecule has 0 atom stereocenters. The van der Waals surface area contributed by atoms with E-state index < -0.39 is 0 Å². The summed E-state index contributed by atoms with van der Waals surface area (Å²) in [6.45, 7) is 2.49. The zero-order valence-corrected chi connectivity index (χ0v) is 11.3. The van der Waals surface area contributed by atoms with Crippen LogP contribution in [-0.2, 0) is 4.79 Å². The highest BCUT2D eigenvalue weighted by Gasteiger charge is 2.17. The summed E-state index contributed by atoms with van der Waals surface area (Å²) < 4.78 is 0. The highest BCUT2D eigenvalue weighted by molar-refractivity contribution is 5.94. The number of amides is 1. The van der Waals surface area contributed by atoms with Crippen molar-refractivity contribution in [3.63, 3.8) is 0 Å². The first-order valence-electron chi connectivity index (χ1n) is 6.73. The topological polar surface area (TPSA) is 32.3 Å². The molecule has 0 radical (unpaired) electrons. The van der Waals surface area contributed by atoms with Crippen molar-refractivity contribution in [2.75, 3.05) is 18.5 Å². The number of carbonyl (C=O) groups excluding carboxylic acids is 1. The molecule has 3 nitrogen and oxygen atoms in total. The van der Waals surface area contributed by atoms with Crippen molar-refractivity contribution in [3.05, 3.63) is 29.8 Å². The predicted molar refractivity (Wildman–Crippen MR) is 74.8 cm³/mol. The normalized spacial score (nSPS) is 15.9. The van der Waals surface area contributed by atoms with E-state index in [1.165, 1.54) is 31.2 Å². The van der Waals surface area contributed by atoms with Crippen LogP contribution in [0.2, 0.25) is 0 Å². The summed E-state index contributed by atoms with van der Waals surface area (Å²) in [5, 5.41) is 3.35. The van der Waals surface area contributed by atoms with Crippen molar-refractivity contribution in [2.24, 2.45) is 0 Å². The van der Waals surface area contributed by atoms with Gasteiger partial charge < -0.3 is 10.2 Å². The van der Waals surface area contributed by atoms with Gasteiger partial charge in [0.2, 0.25) is 5.91 Å². The maximum Gasteiger partial charge on any atom is 0.240 e. The Labute approximate surface area is 109 Å². The van der Waals surface area contributed by atoms with Gasteiger partial charge in [-0.2, -0.15) is 0 Å². The number of nitrogens with one attached hydrogen (secondary N) is 1. The smallest absolute Gasteiger partial charge is 0.240 e. The standard InChI is InChI=1S/C15H22N2O/c1-12-7-9-14(10-8-12)17(2)15(18)11-16-13-5-3-4-6-13/h7-10,13,16H,3-6,11H2,1-2H3. The molecule has 1 aliphatic rings. The van der Waals surface area contributed by atoms with E-state index in [1.54, 1.807) is 4.90 Å². The van der Waals surface area contributed by atoms with Crippen LogP contribution >= 0.6 is 0 Å². The Balaban J connectivity index is 1.85. The number of carbonyl (C=O) groups is 1. The van der Waals surface area contributed by atoms with E-state index >= 15 is 0 Å². The Morgan fingerprint density at radius 2 is 1.89 bits per heavy atom. The molecule has 1 N–H and O–H groups in total. The molecule has 1 fully saturated rings. The second-order valence-electron chi connectivity index (χ2n) is 5.15. The first-order valence-corrected chi connectivity index (χ1v) is 6.73. The molecule has 1 aromatic rings. The molecule has 1 aromatic carbocycles. The summed E-state index contributed by atoms with van der Waals surface area (Å²) in [5.74, 6) is 0.130. The Kier molecular flexibility index (Phi) is 4.37. The van der Waals surface area contributed by atoms with Gasteiger partial charge in [0.25, 0.3) is 0 Å². The SMILES string of the molecule is Cc1ccc(N(C)C(=O)CNC2CCCC2)cc1. The van der Waals surface area contributed by atoms with Crippen molar-refractivity contribution in [3.8, 4) is 0 Å². The van der Waals surface area contributed by atoms with Gasteiger partial charge in [-0.05, 0) is 31.9 Å². The van der Waals surface area contributed by atoms with Crippen LogP contribution in [0.3, 0.4) is 0 Å². The number of likely N-dealkylation sites (N-methyl/N-ethyl adjacent to an activating group) is 1. The van der Waals surface area contributed by atoms with E-state index in [2.05, 4.69) is 5.32 Å². The van der Waals surface area contributed by atoms with Crippen LogP contribution in [0.1, 0.15) is 31.2 Å². The van der Waals surface area contributed by atoms with E-state index in [-0.39, 0.29) is 5.91 Å². The fourth-order valence-electron chi connectivity index (χ4n) is 2.39. The van der Waals surface area contributed by atoms with Gasteiger partial charge in [0, 0.05) is 18.8 Å². The number of rotatable bonds is 4. The maximum atomic E-state index is 12.0. The zero-order valence-electron chi connectivity index (χ0n) is 11.3. The van der Waals surface area contributed by atoms with E-state index in [0.29, 0.717) is 12.6 Å². The number of anilines is 1. The predicted octanol–water partition coefficient (Wildman–Crippen LogP) is 2.49. The van der Waals surface area contributed by atoms with Crippen LogP contribution in [0.4, 0.5) is 5.69 Å². The third-order valence-electron chi connectivity index (χ3n) is 3.69. The molecule has 3 heteroatoms. The minimum absolute atomic E-state index is 0.130. The molecule has 0 saturated heterocycles. The first kappa shape index (κ1) is 13.1. The lowest BCUT2D eigenvalue weighted by atomic mass is 10.2. The van der Waals surface area contributed by atoms with Crippen molar-refractivity contribution in [1.29, 1.82) is 0 Å². The van der Waals surface area contributed by atoms with Gasteiger partial charge in [-0.25, -0.2) is 0 Å². The number of benzene rings is 1. The molecule has 0 unspecified atom stereocenters. The molecule has 2 rings (SSSR count). The second-order valence-corrected chi connectivity index (χ2v) is 5.15. The Hall–Kier alpha value is -1.35. The third-order valence-corrected chi connectivity index (χ3v) is 3.69. The van der Waals surface area contributed by atoms with Crippen LogP contribution in [0, 0.1) is 6.92 Å². The van der Waals surface area contributed by atoms with Crippen LogP contribution in [-0.4, -0.2) is 25.5 Å². The monoisotopic (exact) mass is 246 g/mol. The minimum atomic E-state index is 0.130. The average Bonchev–Trinajstić information content (AvgIpc) is 2.89. The van der Waals surface area contributed by atoms with Gasteiger partial charge in [0.05, 0.1) is 6.54 Å². The van der Waals surface area contributed by atoms with Gasteiger partial charge in [-0.3, -0.25) is 4.79 Å². The third kappa shape index (κ3) is 3.33. The summed E-state index contributed by atoms with van der Waals surface area (Å²) in [7, 11) is 1.84. The maximum absolute atomic E-state index is 12.0. The highest BCUT2D eigenvalue weighted by Crippen LogP contribution is 2.18. The quantitative estimate of drug-likeness (QED) is 0.885. The number of hydrogen-bond acceptors (Lipinski definition) is 2. The molecule has 98 valence electrons. The van der Waals surface area contributed by atoms with Gasteiger partial charge in [0.1, 0.15) is 0 Å². The summed E-state index contributed by atoms with van der Waals surface area (Å²) in [5.41, 5.74) is 2.17. The van der Waals surface area contributed by atoms with Gasteiger partial charge in [-0.1, -0.05) is 30.5 Å². The van der Waals surface area contributed by atoms with Gasteiger partial charge >= 0.3 is 0 Å². The molecule has 0 heterocycles. The van der Waals surface area contributed by atoms with E-state index in [4.69, 9.17) is 0 Å². The lowest BCUT2D eigenvalue weighted by Gasteiger charge is -2.19. The van der Waals surface area contributed by atoms with Crippen molar-refractivity contribution in [1.82, 2.24) is 5.32 Å². The van der Waals surface area contributed by atoms with E-state index in [0.717, 1.165) is 5.69 Å². The molecule has 18 heavy (non-hydrogen) atoms. The second kappa shape index (κ2) is 6.01. The minimum Gasteiger partial charge on any atom is -0.314 e. The lowest BCUT2D eigenvalue weighted by molar-refractivity contribution is -0.117. The molecule has 0 aliphatic heterocycles. The molecule has 1 saturated carbocycles. The Morgan fingerprint density at radius 1 is 1.28 bits per heavy atom. The fourth-order valence-corrected chi connectivity index (χ4v) is 2.39. The molecular weight excluding hydrogens is 224 g/mol. The molecule has 0 bridgehead atoms. The van der Waals surface area contributed by atoms with E-state index in [1.807, 2.05) is 38.2 Å². The molecule has 1 amide bonds. The van der Waals surface area contributed by atoms with Crippen LogP contribution < -0.4 is 10.2 Å². The molecule has 0 aromatic heterocycles. The summed E-state index contributed by atoms with van der Waals surface area (Å²) >= 11 is 0. The molecular formula is C15H22N2O. The van der Waals surface area contributed by atoms with E-state index in [9.17, 15) is 4.79 Å². The number of nitrogens with zero attached hydrogens (tertiary/aromatic N) is 1. The van der Waals surface area contributed by atoms with Gasteiger partial charge in [0.15, 0.2) is 0 Å². The van der Waals surface area contributed by atoms with Crippen LogP contribution in [0.15, 0.2) is 24.3 Å². The summed E-state index contributed by atoms with van der Waals surface area (Å²) in [4.78, 5) is 13.8. The van der Waals surface area contributed by atoms with Crippen molar-refractivity contribution < 1.29 is 4.79 Å². The summed E-state index contributed by atoms with van der Waals surface area (Å²) in [6, 6.07) is 8.58. The van der Waals surface area contributed by atoms with Gasteiger partial charge in [-0.15, -0.1) is 0 Å². The Morgan fingerprint density at radius 3 is 2.50 bits per heavy atom. The lowest BCUT2D eigenvalue weighted by Crippen LogP contribution is -2.39. The highest BCUT2D eigenvalue weighted by atomic mass is 16.2. The number of hydrogen-bond donors (Lipinski definition) is 1. The van der Waals surface area contributed by atoms with Crippen LogP contribution in [0.5, 0.6) is 0 Å². The Bertz CT molecular complexity index is 393. The fraction of sp³-hybridized carbons (Fsp3) is 0.533. The van der Waals surface area contributed by atoms with Crippen LogP contribution in [0.25, 0.3) is 0 Å². The van der Waals surface area contributed by atoms with Crippen molar-refractivity contribution in [2.45, 2.75) is 38.6 Å². The largest absolute Gasteiger partial charge is 0.314 e. The zero-order chi connectivity index (χ0) is 13.0. The first-order chi connectivity index (χ1) is 8.66. The van der Waals surface area contributed by atoms with Crippen molar-refractivity contribution >= 4 is 11.6 Å². The molecule has 0 spiro atoms. The summed E-state index contributed by atoms with van der Waals surface area (Å²) in [6.07, 6.45) is 5.00. The average molecular weight is 246 g/mol.